The van der Waals surface area contributed by atoms with Crippen molar-refractivity contribution in [2.24, 2.45) is 17.6 Å². The number of nitrogens with one attached hydrogen (secondary N) is 2. The largest absolute Gasteiger partial charge is 0.356 e. The average molecular weight is 283 g/mol. The van der Waals surface area contributed by atoms with Gasteiger partial charge in [-0.25, -0.2) is 0 Å². The summed E-state index contributed by atoms with van der Waals surface area (Å²) in [4.78, 5) is 23.3. The summed E-state index contributed by atoms with van der Waals surface area (Å²) in [5, 5.41) is 5.85. The number of nitrogens with two attached hydrogens (primary N) is 1. The van der Waals surface area contributed by atoms with Crippen molar-refractivity contribution in [3.05, 3.63) is 0 Å². The van der Waals surface area contributed by atoms with E-state index in [1.807, 2.05) is 13.8 Å². The Bertz CT molecular complexity index is 318. The number of carbonyl (C=O) groups excluding carboxylic acids is 2. The van der Waals surface area contributed by atoms with Crippen LogP contribution in [-0.4, -0.2) is 30.9 Å². The molecule has 0 saturated heterocycles. The third-order valence-corrected chi connectivity index (χ3v) is 3.83. The maximum Gasteiger partial charge on any atom is 0.221 e. The molecule has 2 amide bonds. The molecule has 0 aliphatic heterocycles. The van der Waals surface area contributed by atoms with Crippen molar-refractivity contribution in [3.8, 4) is 0 Å². The van der Waals surface area contributed by atoms with E-state index in [-0.39, 0.29) is 17.9 Å². The highest BCUT2D eigenvalue weighted by molar-refractivity contribution is 5.79. The fourth-order valence-electron chi connectivity index (χ4n) is 2.72. The number of carbonyl (C=O) groups is 2. The van der Waals surface area contributed by atoms with E-state index in [9.17, 15) is 9.59 Å². The Hall–Kier alpha value is -1.10. The molecule has 1 fully saturated rings. The molecule has 0 heterocycles. The molecule has 4 N–H and O–H groups in total. The van der Waals surface area contributed by atoms with Crippen molar-refractivity contribution >= 4 is 11.8 Å². The predicted molar refractivity (Wildman–Crippen MR) is 80.0 cm³/mol. The average Bonchev–Trinajstić information content (AvgIpc) is 2.38. The van der Waals surface area contributed by atoms with Gasteiger partial charge in [0, 0.05) is 25.4 Å². The van der Waals surface area contributed by atoms with Gasteiger partial charge in [0.25, 0.3) is 0 Å². The van der Waals surface area contributed by atoms with Crippen LogP contribution in [0.15, 0.2) is 0 Å². The first kappa shape index (κ1) is 17.0. The van der Waals surface area contributed by atoms with Crippen LogP contribution in [0.2, 0.25) is 0 Å². The van der Waals surface area contributed by atoms with Crippen molar-refractivity contribution in [2.45, 2.75) is 58.4 Å². The summed E-state index contributed by atoms with van der Waals surface area (Å²) < 4.78 is 0. The van der Waals surface area contributed by atoms with E-state index in [1.165, 1.54) is 6.42 Å². The van der Waals surface area contributed by atoms with Crippen LogP contribution in [0.3, 0.4) is 0 Å². The molecule has 1 aliphatic carbocycles. The first-order valence-electron chi connectivity index (χ1n) is 7.79. The zero-order valence-electron chi connectivity index (χ0n) is 12.8. The van der Waals surface area contributed by atoms with E-state index >= 15 is 0 Å². The second-order valence-electron chi connectivity index (χ2n) is 6.15. The molecule has 1 saturated carbocycles. The number of hydrogen-bond acceptors (Lipinski definition) is 3. The first-order chi connectivity index (χ1) is 9.52. The Kier molecular flexibility index (Phi) is 7.59. The molecule has 0 spiro atoms. The van der Waals surface area contributed by atoms with Crippen LogP contribution >= 0.6 is 0 Å². The van der Waals surface area contributed by atoms with Crippen molar-refractivity contribution in [1.29, 1.82) is 0 Å². The van der Waals surface area contributed by atoms with Gasteiger partial charge in [0.1, 0.15) is 0 Å². The highest BCUT2D eigenvalue weighted by atomic mass is 16.2. The molecule has 0 bridgehead atoms. The van der Waals surface area contributed by atoms with Gasteiger partial charge >= 0.3 is 0 Å². The van der Waals surface area contributed by atoms with Gasteiger partial charge in [-0.05, 0) is 31.2 Å². The van der Waals surface area contributed by atoms with Crippen LogP contribution in [0, 0.1) is 11.8 Å². The van der Waals surface area contributed by atoms with Crippen LogP contribution < -0.4 is 16.4 Å². The van der Waals surface area contributed by atoms with Gasteiger partial charge in [-0.15, -0.1) is 0 Å². The first-order valence-corrected chi connectivity index (χ1v) is 7.79. The van der Waals surface area contributed by atoms with Crippen LogP contribution in [0.4, 0.5) is 0 Å². The zero-order valence-corrected chi connectivity index (χ0v) is 12.8. The lowest BCUT2D eigenvalue weighted by atomic mass is 9.84. The molecule has 20 heavy (non-hydrogen) atoms. The predicted octanol–water partition coefficient (Wildman–Crippen LogP) is 1.17. The van der Waals surface area contributed by atoms with Crippen molar-refractivity contribution < 1.29 is 9.59 Å². The molecule has 1 aliphatic rings. The quantitative estimate of drug-likeness (QED) is 0.656. The van der Waals surface area contributed by atoms with Gasteiger partial charge in [-0.1, -0.05) is 26.7 Å². The molecular formula is C15H29N3O2. The van der Waals surface area contributed by atoms with Gasteiger partial charge in [0.05, 0.1) is 0 Å². The summed E-state index contributed by atoms with van der Waals surface area (Å²) in [6, 6.07) is 0.215. The maximum atomic E-state index is 11.9. The van der Waals surface area contributed by atoms with E-state index in [1.54, 1.807) is 0 Å². The monoisotopic (exact) mass is 283 g/mol. The van der Waals surface area contributed by atoms with Gasteiger partial charge in [-0.2, -0.15) is 0 Å². The minimum Gasteiger partial charge on any atom is -0.356 e. The Morgan fingerprint density at radius 3 is 2.55 bits per heavy atom. The molecule has 0 aromatic heterocycles. The molecule has 2 atom stereocenters. The molecule has 2 unspecified atom stereocenters. The Balaban J connectivity index is 2.21. The Labute approximate surface area is 122 Å². The highest BCUT2D eigenvalue weighted by Gasteiger charge is 2.24. The van der Waals surface area contributed by atoms with Crippen LogP contribution in [0.5, 0.6) is 0 Å². The lowest BCUT2D eigenvalue weighted by Crippen LogP contribution is -2.45. The third-order valence-electron chi connectivity index (χ3n) is 3.83. The summed E-state index contributed by atoms with van der Waals surface area (Å²) in [5.41, 5.74) is 5.75. The summed E-state index contributed by atoms with van der Waals surface area (Å²) in [6.07, 6.45) is 5.35. The van der Waals surface area contributed by atoms with Crippen LogP contribution in [0.1, 0.15) is 52.4 Å². The van der Waals surface area contributed by atoms with E-state index in [0.717, 1.165) is 19.3 Å². The minimum atomic E-state index is 0.0141. The number of rotatable bonds is 7. The van der Waals surface area contributed by atoms with Gasteiger partial charge in [0.2, 0.25) is 11.8 Å². The molecule has 0 aromatic carbocycles. The Morgan fingerprint density at radius 2 is 1.90 bits per heavy atom. The van der Waals surface area contributed by atoms with Gasteiger partial charge < -0.3 is 16.4 Å². The summed E-state index contributed by atoms with van der Waals surface area (Å²) in [7, 11) is 0. The molecule has 5 nitrogen and oxygen atoms in total. The number of amides is 2. The van der Waals surface area contributed by atoms with Crippen molar-refractivity contribution in [1.82, 2.24) is 10.6 Å². The fourth-order valence-corrected chi connectivity index (χ4v) is 2.72. The lowest BCUT2D eigenvalue weighted by Gasteiger charge is -2.31. The summed E-state index contributed by atoms with van der Waals surface area (Å²) >= 11 is 0. The van der Waals surface area contributed by atoms with E-state index in [4.69, 9.17) is 5.73 Å². The normalized spacial score (nSPS) is 22.6. The van der Waals surface area contributed by atoms with Crippen molar-refractivity contribution in [2.75, 3.05) is 13.1 Å². The number of hydrogen-bond donors (Lipinski definition) is 3. The summed E-state index contributed by atoms with van der Waals surface area (Å²) in [6.45, 7) is 5.05. The second kappa shape index (κ2) is 8.95. The third kappa shape index (κ3) is 6.37. The van der Waals surface area contributed by atoms with E-state index < -0.39 is 0 Å². The molecule has 0 radical (unpaired) electrons. The maximum absolute atomic E-state index is 11.9. The summed E-state index contributed by atoms with van der Waals surface area (Å²) in [5.74, 6) is 0.783. The smallest absolute Gasteiger partial charge is 0.221 e. The minimum absolute atomic E-state index is 0.0141. The van der Waals surface area contributed by atoms with E-state index in [2.05, 4.69) is 10.6 Å². The standard InChI is InChI=1S/C15H29N3O2/c1-11(2)9-15(20)17-8-7-14(19)18-13-6-4-3-5-12(13)10-16/h11-13H,3-10,16H2,1-2H3,(H,17,20)(H,18,19). The van der Waals surface area contributed by atoms with E-state index in [0.29, 0.717) is 37.8 Å². The molecule has 1 rings (SSSR count). The SMILES string of the molecule is CC(C)CC(=O)NCCC(=O)NC1CCCCC1CN. The molecule has 5 heteroatoms. The van der Waals surface area contributed by atoms with Crippen LogP contribution in [0.25, 0.3) is 0 Å². The molecular weight excluding hydrogens is 254 g/mol. The van der Waals surface area contributed by atoms with Crippen LogP contribution in [-0.2, 0) is 9.59 Å². The Morgan fingerprint density at radius 1 is 1.20 bits per heavy atom. The molecule has 0 aromatic rings. The van der Waals surface area contributed by atoms with Gasteiger partial charge in [-0.3, -0.25) is 9.59 Å². The highest BCUT2D eigenvalue weighted by Crippen LogP contribution is 2.23. The van der Waals surface area contributed by atoms with Crippen molar-refractivity contribution in [3.63, 3.8) is 0 Å². The molecule has 116 valence electrons. The lowest BCUT2D eigenvalue weighted by molar-refractivity contribution is -0.123. The second-order valence-corrected chi connectivity index (χ2v) is 6.15. The topological polar surface area (TPSA) is 84.2 Å². The fraction of sp³-hybridized carbons (Fsp3) is 0.867. The zero-order chi connectivity index (χ0) is 15.0. The van der Waals surface area contributed by atoms with Gasteiger partial charge in [0.15, 0.2) is 0 Å².